The van der Waals surface area contributed by atoms with Gasteiger partial charge in [-0.15, -0.1) is 18.3 Å². The molecule has 4 heterocycles. The van der Waals surface area contributed by atoms with Crippen LogP contribution in [0.3, 0.4) is 0 Å². The van der Waals surface area contributed by atoms with Crippen molar-refractivity contribution in [3.05, 3.63) is 85.5 Å². The molecule has 13 nitrogen and oxygen atoms in total. The first-order valence-electron chi connectivity index (χ1n) is 18.9. The number of rotatable bonds is 17. The lowest BCUT2D eigenvalue weighted by molar-refractivity contribution is -0.165. The third kappa shape index (κ3) is 7.48. The van der Waals surface area contributed by atoms with Gasteiger partial charge < -0.3 is 29.3 Å². The van der Waals surface area contributed by atoms with Gasteiger partial charge in [-0.2, -0.15) is 0 Å². The lowest BCUT2D eigenvalue weighted by atomic mass is 9.70. The van der Waals surface area contributed by atoms with Crippen molar-refractivity contribution in [1.82, 2.24) is 29.7 Å². The molecule has 9 atom stereocenters. The number of carbonyl (C=O) groups excluding carboxylic acids is 4. The monoisotopic (exact) mass is 818 g/mol. The van der Waals surface area contributed by atoms with Crippen molar-refractivity contribution in [3.8, 4) is 0 Å². The van der Waals surface area contributed by atoms with Gasteiger partial charge >= 0.3 is 5.97 Å². The minimum Gasteiger partial charge on any atom is -0.455 e. The van der Waals surface area contributed by atoms with Gasteiger partial charge in [-0.25, -0.2) is 4.68 Å². The molecule has 6 rings (SSSR count). The first-order valence-corrected chi connectivity index (χ1v) is 19.8. The Hall–Kier alpha value is -4.40. The fourth-order valence-corrected chi connectivity index (χ4v) is 9.63. The number of hydrogen-bond acceptors (Lipinski definition) is 9. The highest BCUT2D eigenvalue weighted by Crippen LogP contribution is 2.61. The van der Waals surface area contributed by atoms with Crippen molar-refractivity contribution < 1.29 is 33.8 Å². The molecule has 2 aromatic carbocycles. The molecule has 1 unspecified atom stereocenters. The van der Waals surface area contributed by atoms with Gasteiger partial charge in [0, 0.05) is 24.8 Å². The summed E-state index contributed by atoms with van der Waals surface area (Å²) in [4.78, 5) is 62.1. The van der Waals surface area contributed by atoms with E-state index in [1.165, 1.54) is 4.90 Å². The Morgan fingerprint density at radius 3 is 2.49 bits per heavy atom. The Balaban J connectivity index is 1.38. The number of fused-ring (bicyclic) bond motifs is 2. The van der Waals surface area contributed by atoms with E-state index >= 15 is 4.79 Å². The third-order valence-electron chi connectivity index (χ3n) is 11.3. The number of amides is 3. The second kappa shape index (κ2) is 16.8. The molecule has 3 aliphatic heterocycles. The summed E-state index contributed by atoms with van der Waals surface area (Å²) in [5, 5.41) is 19.4. The van der Waals surface area contributed by atoms with Gasteiger partial charge in [0.15, 0.2) is 0 Å². The van der Waals surface area contributed by atoms with Crippen LogP contribution in [-0.2, 0) is 35.3 Å². The number of alkyl halides is 1. The number of esters is 1. The number of allylic oxidation sites excluding steroid dienone is 1. The zero-order valence-corrected chi connectivity index (χ0v) is 33.5. The molecule has 0 radical (unpaired) electrons. The number of para-hydroxylation sites is 1. The van der Waals surface area contributed by atoms with Gasteiger partial charge in [0.2, 0.25) is 17.7 Å². The van der Waals surface area contributed by atoms with Crippen molar-refractivity contribution in [2.24, 2.45) is 17.8 Å². The molecule has 3 amide bonds. The summed E-state index contributed by atoms with van der Waals surface area (Å²) in [6.07, 6.45) is 3.10. The van der Waals surface area contributed by atoms with Gasteiger partial charge in [0.25, 0.3) is 0 Å². The Kier molecular flexibility index (Phi) is 12.3. The van der Waals surface area contributed by atoms with Gasteiger partial charge in [-0.3, -0.25) is 19.2 Å². The second-order valence-corrected chi connectivity index (χ2v) is 16.5. The van der Waals surface area contributed by atoms with Crippen LogP contribution in [0, 0.1) is 17.8 Å². The van der Waals surface area contributed by atoms with Crippen molar-refractivity contribution in [1.29, 1.82) is 0 Å². The molecule has 2 bridgehead atoms. The maximum Gasteiger partial charge on any atom is 0.313 e. The molecule has 1 N–H and O–H groups in total. The van der Waals surface area contributed by atoms with E-state index in [2.05, 4.69) is 39.4 Å². The van der Waals surface area contributed by atoms with Crippen LogP contribution in [0.4, 0.5) is 0 Å². The molecule has 3 saturated heterocycles. The lowest BCUT2D eigenvalue weighted by Gasteiger charge is -2.39. The number of aromatic nitrogens is 3. The average Bonchev–Trinajstić information content (AvgIpc) is 3.91. The third-order valence-corrected chi connectivity index (χ3v) is 12.2. The van der Waals surface area contributed by atoms with Crippen molar-refractivity contribution in [2.45, 2.75) is 93.9 Å². The number of aliphatic hydroxyl groups is 1. The Morgan fingerprint density at radius 2 is 1.82 bits per heavy atom. The van der Waals surface area contributed by atoms with Crippen molar-refractivity contribution >= 4 is 50.7 Å². The molecule has 3 fully saturated rings. The molecule has 3 aliphatic rings. The van der Waals surface area contributed by atoms with Crippen LogP contribution in [0.2, 0.25) is 0 Å². The molecule has 14 heteroatoms. The Labute approximate surface area is 330 Å². The molecule has 3 aromatic rings. The molecule has 0 aliphatic carbocycles. The maximum absolute atomic E-state index is 15.1. The number of likely N-dealkylation sites (N-methyl/N-ethyl adjacent to an activating group) is 1. The summed E-state index contributed by atoms with van der Waals surface area (Å²) in [7, 11) is 1.68. The van der Waals surface area contributed by atoms with Gasteiger partial charge in [0.1, 0.15) is 29.9 Å². The van der Waals surface area contributed by atoms with E-state index in [9.17, 15) is 19.5 Å². The predicted octanol–water partition coefficient (Wildman–Crippen LogP) is 4.66. The molecule has 1 aromatic heterocycles. The van der Waals surface area contributed by atoms with E-state index in [1.54, 1.807) is 33.7 Å². The van der Waals surface area contributed by atoms with Crippen molar-refractivity contribution in [2.75, 3.05) is 20.2 Å². The molecule has 1 spiro atoms. The predicted molar refractivity (Wildman–Crippen MR) is 209 cm³/mol. The fraction of sp³-hybridized carbons (Fsp3) is 0.512. The number of hydrogen-bond donors (Lipinski definition) is 1. The maximum atomic E-state index is 15.1. The molecule has 55 heavy (non-hydrogen) atoms. The van der Waals surface area contributed by atoms with Crippen LogP contribution in [0.5, 0.6) is 0 Å². The van der Waals surface area contributed by atoms with Gasteiger partial charge in [-0.1, -0.05) is 89.6 Å². The number of carbonyl (C=O) groups is 4. The summed E-state index contributed by atoms with van der Waals surface area (Å²) >= 11 is 3.76. The van der Waals surface area contributed by atoms with Gasteiger partial charge in [-0.05, 0) is 49.8 Å². The lowest BCUT2D eigenvalue weighted by Crippen LogP contribution is -2.59. The summed E-state index contributed by atoms with van der Waals surface area (Å²) in [6, 6.07) is 14.2. The van der Waals surface area contributed by atoms with E-state index < -0.39 is 65.6 Å². The van der Waals surface area contributed by atoms with Crippen LogP contribution >= 0.6 is 15.9 Å². The number of aliphatic hydroxyl groups excluding tert-OH is 1. The van der Waals surface area contributed by atoms with Crippen LogP contribution in [0.25, 0.3) is 11.0 Å². The first-order chi connectivity index (χ1) is 26.4. The minimum absolute atomic E-state index is 0.0148. The Bertz CT molecular complexity index is 1910. The first kappa shape index (κ1) is 40.3. The SMILES string of the molecule is C=CCCC(=O)N(C)[C@@H](C)[C@@H](OC(=O)[C@@H]1[C@H]2O[C@@]3(CC2Br)[C@H](C(=O)N(CC=C)Cn2nnc4ccccc42)N([C@@H](CO)CC(C)C)C(=O)[C@@H]13)c1ccccc1. The highest BCUT2D eigenvalue weighted by Gasteiger charge is 2.77. The molecular weight excluding hydrogens is 768 g/mol. The highest BCUT2D eigenvalue weighted by molar-refractivity contribution is 9.09. The largest absolute Gasteiger partial charge is 0.455 e. The number of nitrogens with zero attached hydrogens (tertiary/aromatic N) is 6. The minimum atomic E-state index is -1.41. The smallest absolute Gasteiger partial charge is 0.313 e. The number of likely N-dealkylation sites (tertiary alicyclic amines) is 1. The number of ether oxygens (including phenoxy) is 2. The quantitative estimate of drug-likeness (QED) is 0.117. The van der Waals surface area contributed by atoms with Gasteiger partial charge in [0.05, 0.1) is 42.1 Å². The normalized spacial score (nSPS) is 25.8. The second-order valence-electron chi connectivity index (χ2n) is 15.3. The van der Waals surface area contributed by atoms with E-state index in [0.717, 1.165) is 5.52 Å². The molecule has 0 saturated carbocycles. The summed E-state index contributed by atoms with van der Waals surface area (Å²) in [5.41, 5.74) is 0.672. The van der Waals surface area contributed by atoms with E-state index in [-0.39, 0.29) is 49.3 Å². The number of halogens is 1. The highest BCUT2D eigenvalue weighted by atomic mass is 79.9. The zero-order chi connectivity index (χ0) is 39.6. The van der Waals surface area contributed by atoms with Crippen molar-refractivity contribution in [3.63, 3.8) is 0 Å². The molecular formula is C41H51BrN6O7. The Morgan fingerprint density at radius 1 is 1.11 bits per heavy atom. The van der Waals surface area contributed by atoms with E-state index in [4.69, 9.17) is 9.47 Å². The summed E-state index contributed by atoms with van der Waals surface area (Å²) in [6.45, 7) is 13.2. The standard InChI is InChI=1S/C41H51BrN6O7/c1-7-9-19-32(50)45(6)26(5)35(27-15-11-10-12-16-27)54-40(53)33-34-38(51)48(28(23-49)21-25(3)4)37(41(34)22-29(42)36(33)55-41)39(52)46(20-8-2)24-47-31-18-14-13-17-30(31)43-44-47/h7-8,10-18,25-26,28-29,33-37,49H,1-2,9,19-24H2,3-6H3/t26-,28+,29?,33-,34+,35+,36-,37-,41+/m0/s1. The number of benzene rings is 2. The van der Waals surface area contributed by atoms with Crippen LogP contribution in [0.1, 0.15) is 58.1 Å². The zero-order valence-electron chi connectivity index (χ0n) is 31.9. The summed E-state index contributed by atoms with van der Waals surface area (Å²) < 4.78 is 14.8. The average molecular weight is 820 g/mol. The summed E-state index contributed by atoms with van der Waals surface area (Å²) in [5.74, 6) is -3.70. The van der Waals surface area contributed by atoms with Crippen LogP contribution in [-0.4, -0.2) is 113 Å². The fourth-order valence-electron chi connectivity index (χ4n) is 8.68. The van der Waals surface area contributed by atoms with E-state index in [1.807, 2.05) is 75.4 Å². The van der Waals surface area contributed by atoms with E-state index in [0.29, 0.717) is 23.9 Å². The van der Waals surface area contributed by atoms with Crippen LogP contribution < -0.4 is 0 Å². The molecule has 294 valence electrons. The topological polar surface area (TPSA) is 147 Å². The van der Waals surface area contributed by atoms with Crippen LogP contribution in [0.15, 0.2) is 79.9 Å².